The average molecular weight is 429 g/mol. The van der Waals surface area contributed by atoms with Gasteiger partial charge in [-0.05, 0) is 49.0 Å². The summed E-state index contributed by atoms with van der Waals surface area (Å²) < 4.78 is 5.94. The lowest BCUT2D eigenvalue weighted by Gasteiger charge is -2.17. The van der Waals surface area contributed by atoms with Gasteiger partial charge in [0, 0.05) is 6.42 Å². The van der Waals surface area contributed by atoms with Crippen LogP contribution in [0.2, 0.25) is 0 Å². The van der Waals surface area contributed by atoms with Gasteiger partial charge in [0.25, 0.3) is 0 Å². The maximum Gasteiger partial charge on any atom is 0.303 e. The Kier molecular flexibility index (Phi) is 12.6. The monoisotopic (exact) mass is 428 g/mol. The Hall–Kier alpha value is -1.61. The van der Waals surface area contributed by atoms with Gasteiger partial charge in [-0.3, -0.25) is 4.79 Å². The van der Waals surface area contributed by atoms with Crippen molar-refractivity contribution in [3.8, 4) is 0 Å². The summed E-state index contributed by atoms with van der Waals surface area (Å²) >= 11 is 0. The van der Waals surface area contributed by atoms with E-state index in [9.17, 15) is 4.79 Å². The molecule has 0 aliphatic heterocycles. The molecule has 4 atom stereocenters. The third kappa shape index (κ3) is 10.5. The molecule has 1 fully saturated rings. The Morgan fingerprint density at radius 1 is 1.00 bits per heavy atom. The molecule has 31 heavy (non-hydrogen) atoms. The Morgan fingerprint density at radius 3 is 2.32 bits per heavy atom. The predicted molar refractivity (Wildman–Crippen MR) is 129 cm³/mol. The van der Waals surface area contributed by atoms with Gasteiger partial charge in [-0.15, -0.1) is 0 Å². The van der Waals surface area contributed by atoms with E-state index in [4.69, 9.17) is 9.84 Å². The first kappa shape index (κ1) is 25.6. The molecule has 174 valence electrons. The number of hydrogen-bond donors (Lipinski definition) is 1. The smallest absolute Gasteiger partial charge is 0.303 e. The second kappa shape index (κ2) is 15.2. The van der Waals surface area contributed by atoms with Crippen molar-refractivity contribution in [2.24, 2.45) is 17.8 Å². The molecule has 0 aromatic heterocycles. The topological polar surface area (TPSA) is 46.5 Å². The van der Waals surface area contributed by atoms with Crippen LogP contribution in [0, 0.1) is 17.8 Å². The Bertz CT molecular complexity index is 624. The highest BCUT2D eigenvalue weighted by Crippen LogP contribution is 2.44. The van der Waals surface area contributed by atoms with E-state index in [1.54, 1.807) is 0 Å². The zero-order chi connectivity index (χ0) is 22.3. The summed E-state index contributed by atoms with van der Waals surface area (Å²) in [7, 11) is 0. The van der Waals surface area contributed by atoms with Crippen molar-refractivity contribution in [1.82, 2.24) is 0 Å². The van der Waals surface area contributed by atoms with Crippen molar-refractivity contribution in [1.29, 1.82) is 0 Å². The Balaban J connectivity index is 0.000000309. The predicted octanol–water partition coefficient (Wildman–Crippen LogP) is 7.80. The first-order chi connectivity index (χ1) is 15.1. The first-order valence-corrected chi connectivity index (χ1v) is 12.7. The van der Waals surface area contributed by atoms with Gasteiger partial charge in [-0.25, -0.2) is 0 Å². The number of fused-ring (bicyclic) bond motifs is 2. The van der Waals surface area contributed by atoms with Crippen LogP contribution >= 0.6 is 0 Å². The molecule has 1 saturated carbocycles. The van der Waals surface area contributed by atoms with Crippen molar-refractivity contribution in [2.45, 2.75) is 104 Å². The summed E-state index contributed by atoms with van der Waals surface area (Å²) in [6, 6.07) is 10.1. The van der Waals surface area contributed by atoms with Crippen molar-refractivity contribution >= 4 is 5.97 Å². The lowest BCUT2D eigenvalue weighted by molar-refractivity contribution is -0.138. The number of benzene rings is 1. The minimum Gasteiger partial charge on any atom is -0.481 e. The van der Waals surface area contributed by atoms with Crippen LogP contribution in [0.15, 0.2) is 42.5 Å². The molecule has 2 bridgehead atoms. The summed E-state index contributed by atoms with van der Waals surface area (Å²) in [5.74, 6) is 2.25. The molecule has 1 aromatic rings. The van der Waals surface area contributed by atoms with Gasteiger partial charge in [0.2, 0.25) is 0 Å². The number of hydrogen-bond acceptors (Lipinski definition) is 2. The van der Waals surface area contributed by atoms with Crippen LogP contribution in [0.1, 0.15) is 96.5 Å². The lowest BCUT2D eigenvalue weighted by atomic mass is 9.91. The van der Waals surface area contributed by atoms with E-state index in [1.165, 1.54) is 51.4 Å². The standard InChI is InChI=1S/C19H30O3.C9H14/c1-2-3-4-5-6-10-13-18(14-15-19(20)21)22-16-17-11-8-7-9-12-17;1-2-8-5-7-3-4-9(8)6-7/h7-9,11-12,18H,2-6,10,13-16H2,1H3,(H,20,21);3-4,7-9H,2,5-6H2,1H3. The highest BCUT2D eigenvalue weighted by molar-refractivity contribution is 5.66. The van der Waals surface area contributed by atoms with Crippen LogP contribution in [0.5, 0.6) is 0 Å². The summed E-state index contributed by atoms with van der Waals surface area (Å²) in [5.41, 5.74) is 1.14. The van der Waals surface area contributed by atoms with Crippen LogP contribution in [-0.2, 0) is 16.1 Å². The van der Waals surface area contributed by atoms with Crippen LogP contribution in [0.3, 0.4) is 0 Å². The van der Waals surface area contributed by atoms with Gasteiger partial charge in [0.05, 0.1) is 12.7 Å². The third-order valence-corrected chi connectivity index (χ3v) is 6.83. The number of carbonyl (C=O) groups is 1. The average Bonchev–Trinajstić information content (AvgIpc) is 3.42. The SMILES string of the molecule is CCC1CC2C=CC1C2.CCCCCCCCC(CCC(=O)O)OCc1ccccc1. The number of allylic oxidation sites excluding steroid dienone is 2. The van der Waals surface area contributed by atoms with E-state index in [2.05, 4.69) is 26.0 Å². The van der Waals surface area contributed by atoms with E-state index < -0.39 is 5.97 Å². The summed E-state index contributed by atoms with van der Waals surface area (Å²) in [5, 5.41) is 8.86. The summed E-state index contributed by atoms with van der Waals surface area (Å²) in [4.78, 5) is 10.8. The largest absolute Gasteiger partial charge is 0.481 e. The van der Waals surface area contributed by atoms with Crippen molar-refractivity contribution < 1.29 is 14.6 Å². The van der Waals surface area contributed by atoms with Crippen molar-refractivity contribution in [3.63, 3.8) is 0 Å². The van der Waals surface area contributed by atoms with E-state index in [-0.39, 0.29) is 12.5 Å². The molecular weight excluding hydrogens is 384 g/mol. The van der Waals surface area contributed by atoms with Gasteiger partial charge in [0.1, 0.15) is 0 Å². The molecule has 4 unspecified atom stereocenters. The van der Waals surface area contributed by atoms with Gasteiger partial charge < -0.3 is 9.84 Å². The molecule has 0 radical (unpaired) electrons. The highest BCUT2D eigenvalue weighted by atomic mass is 16.5. The molecule has 0 heterocycles. The zero-order valence-electron chi connectivity index (χ0n) is 19.8. The molecule has 3 nitrogen and oxygen atoms in total. The van der Waals surface area contributed by atoms with Crippen LogP contribution in [-0.4, -0.2) is 17.2 Å². The minimum absolute atomic E-state index is 0.0579. The quantitative estimate of drug-likeness (QED) is 0.243. The van der Waals surface area contributed by atoms with E-state index >= 15 is 0 Å². The molecule has 1 aromatic carbocycles. The number of unbranched alkanes of at least 4 members (excludes halogenated alkanes) is 5. The van der Waals surface area contributed by atoms with E-state index in [0.717, 1.165) is 36.2 Å². The molecule has 3 rings (SSSR count). The number of carboxylic acids is 1. The maximum atomic E-state index is 10.8. The number of carboxylic acid groups (broad SMARTS) is 1. The molecule has 2 aliphatic rings. The van der Waals surface area contributed by atoms with Gasteiger partial charge in [-0.1, -0.05) is 101 Å². The maximum absolute atomic E-state index is 10.8. The fourth-order valence-electron chi connectivity index (χ4n) is 4.90. The molecule has 0 saturated heterocycles. The van der Waals surface area contributed by atoms with Crippen molar-refractivity contribution in [2.75, 3.05) is 0 Å². The fraction of sp³-hybridized carbons (Fsp3) is 0.679. The fourth-order valence-corrected chi connectivity index (χ4v) is 4.90. The zero-order valence-corrected chi connectivity index (χ0v) is 19.8. The molecule has 0 spiro atoms. The molecular formula is C28H44O3. The number of aliphatic carboxylic acids is 1. The summed E-state index contributed by atoms with van der Waals surface area (Å²) in [6.07, 6.45) is 18.5. The molecule has 2 aliphatic carbocycles. The highest BCUT2D eigenvalue weighted by Gasteiger charge is 2.33. The Labute approximate surface area is 190 Å². The third-order valence-electron chi connectivity index (χ3n) is 6.83. The molecule has 0 amide bonds. The second-order valence-corrected chi connectivity index (χ2v) is 9.36. The normalized spacial score (nSPS) is 22.2. The molecule has 1 N–H and O–H groups in total. The van der Waals surface area contributed by atoms with Gasteiger partial charge >= 0.3 is 5.97 Å². The molecule has 3 heteroatoms. The van der Waals surface area contributed by atoms with E-state index in [0.29, 0.717) is 13.0 Å². The van der Waals surface area contributed by atoms with Gasteiger partial charge in [-0.2, -0.15) is 0 Å². The first-order valence-electron chi connectivity index (χ1n) is 12.7. The second-order valence-electron chi connectivity index (χ2n) is 9.36. The van der Waals surface area contributed by atoms with Crippen LogP contribution < -0.4 is 0 Å². The Morgan fingerprint density at radius 2 is 1.74 bits per heavy atom. The lowest BCUT2D eigenvalue weighted by Crippen LogP contribution is -2.15. The van der Waals surface area contributed by atoms with Crippen LogP contribution in [0.25, 0.3) is 0 Å². The minimum atomic E-state index is -0.740. The number of ether oxygens (including phenoxy) is 1. The van der Waals surface area contributed by atoms with Crippen LogP contribution in [0.4, 0.5) is 0 Å². The summed E-state index contributed by atoms with van der Waals surface area (Å²) in [6.45, 7) is 5.11. The van der Waals surface area contributed by atoms with Gasteiger partial charge in [0.15, 0.2) is 0 Å². The van der Waals surface area contributed by atoms with E-state index in [1.807, 2.05) is 30.3 Å². The number of rotatable bonds is 14. The van der Waals surface area contributed by atoms with Crippen molar-refractivity contribution in [3.05, 3.63) is 48.0 Å².